The van der Waals surface area contributed by atoms with Gasteiger partial charge in [0.1, 0.15) is 11.4 Å². The third kappa shape index (κ3) is 3.58. The summed E-state index contributed by atoms with van der Waals surface area (Å²) in [7, 11) is 1.40. The zero-order valence-electron chi connectivity index (χ0n) is 13.2. The number of ether oxygens (including phenoxy) is 1. The molecule has 2 rings (SSSR count). The highest BCUT2D eigenvalue weighted by molar-refractivity contribution is 5.98. The van der Waals surface area contributed by atoms with E-state index in [1.165, 1.54) is 25.3 Å². The minimum Gasteiger partial charge on any atom is -0.496 e. The van der Waals surface area contributed by atoms with Gasteiger partial charge in [-0.1, -0.05) is 0 Å². The minimum atomic E-state index is -0.585. The first-order chi connectivity index (χ1) is 10.8. The van der Waals surface area contributed by atoms with Crippen LogP contribution in [-0.2, 0) is 9.59 Å². The van der Waals surface area contributed by atoms with Crippen LogP contribution in [0.4, 0.5) is 11.4 Å². The molecule has 1 N–H and O–H groups in total. The van der Waals surface area contributed by atoms with Crippen molar-refractivity contribution in [2.75, 3.05) is 19.0 Å². The van der Waals surface area contributed by atoms with Crippen LogP contribution in [0.15, 0.2) is 18.2 Å². The normalized spacial score (nSPS) is 17.5. The van der Waals surface area contributed by atoms with Gasteiger partial charge in [0.05, 0.1) is 24.0 Å². The lowest BCUT2D eigenvalue weighted by Gasteiger charge is -2.20. The number of anilines is 1. The number of benzene rings is 1. The molecule has 0 radical (unpaired) electrons. The van der Waals surface area contributed by atoms with Gasteiger partial charge in [-0.25, -0.2) is 0 Å². The van der Waals surface area contributed by atoms with Gasteiger partial charge >= 0.3 is 0 Å². The summed E-state index contributed by atoms with van der Waals surface area (Å²) in [6, 6.07) is 4.22. The Bertz CT molecular complexity index is 644. The Morgan fingerprint density at radius 3 is 2.70 bits per heavy atom. The van der Waals surface area contributed by atoms with E-state index in [1.54, 1.807) is 4.90 Å². The van der Waals surface area contributed by atoms with Crippen molar-refractivity contribution in [1.29, 1.82) is 0 Å². The number of methoxy groups -OCH3 is 1. The summed E-state index contributed by atoms with van der Waals surface area (Å²) in [4.78, 5) is 36.3. The second-order valence-electron chi connectivity index (χ2n) is 5.67. The minimum absolute atomic E-state index is 0.0237. The first-order valence-electron chi connectivity index (χ1n) is 7.26. The number of carbonyl (C=O) groups is 2. The molecule has 0 unspecified atom stereocenters. The van der Waals surface area contributed by atoms with Crippen LogP contribution in [0.3, 0.4) is 0 Å². The van der Waals surface area contributed by atoms with Crippen molar-refractivity contribution >= 4 is 23.2 Å². The molecule has 1 aromatic carbocycles. The van der Waals surface area contributed by atoms with Gasteiger partial charge in [-0.3, -0.25) is 19.7 Å². The topological polar surface area (TPSA) is 102 Å². The molecule has 0 spiro atoms. The van der Waals surface area contributed by atoms with Crippen LogP contribution >= 0.6 is 0 Å². The first kappa shape index (κ1) is 16.7. The van der Waals surface area contributed by atoms with Crippen LogP contribution in [0, 0.1) is 16.0 Å². The Labute approximate surface area is 133 Å². The third-order valence-electron chi connectivity index (χ3n) is 3.81. The van der Waals surface area contributed by atoms with Crippen molar-refractivity contribution in [1.82, 2.24) is 4.90 Å². The number of hydrogen-bond donors (Lipinski definition) is 1. The van der Waals surface area contributed by atoms with E-state index in [2.05, 4.69) is 5.32 Å². The molecule has 1 aliphatic heterocycles. The lowest BCUT2D eigenvalue weighted by atomic mass is 10.1. The monoisotopic (exact) mass is 321 g/mol. The lowest BCUT2D eigenvalue weighted by Crippen LogP contribution is -2.33. The summed E-state index contributed by atoms with van der Waals surface area (Å²) in [5, 5.41) is 13.7. The Hall–Kier alpha value is -2.64. The largest absolute Gasteiger partial charge is 0.496 e. The lowest BCUT2D eigenvalue weighted by molar-refractivity contribution is -0.384. The van der Waals surface area contributed by atoms with Gasteiger partial charge in [-0.15, -0.1) is 0 Å². The van der Waals surface area contributed by atoms with Crippen LogP contribution in [0.5, 0.6) is 5.75 Å². The molecule has 0 aliphatic carbocycles. The zero-order valence-corrected chi connectivity index (χ0v) is 13.2. The molecular weight excluding hydrogens is 302 g/mol. The van der Waals surface area contributed by atoms with Crippen molar-refractivity contribution in [2.24, 2.45) is 5.92 Å². The predicted octanol–water partition coefficient (Wildman–Crippen LogP) is 1.80. The van der Waals surface area contributed by atoms with E-state index >= 15 is 0 Å². The molecule has 8 heteroatoms. The summed E-state index contributed by atoms with van der Waals surface area (Å²) < 4.78 is 4.95. The molecule has 1 fully saturated rings. The Morgan fingerprint density at radius 1 is 1.48 bits per heavy atom. The van der Waals surface area contributed by atoms with Crippen molar-refractivity contribution in [2.45, 2.75) is 26.3 Å². The van der Waals surface area contributed by atoms with Crippen LogP contribution < -0.4 is 10.1 Å². The van der Waals surface area contributed by atoms with E-state index < -0.39 is 16.7 Å². The van der Waals surface area contributed by atoms with Crippen LogP contribution in [0.25, 0.3) is 0 Å². The van der Waals surface area contributed by atoms with Gasteiger partial charge in [0.25, 0.3) is 5.69 Å². The van der Waals surface area contributed by atoms with Gasteiger partial charge in [-0.05, 0) is 26.0 Å². The maximum atomic E-state index is 12.3. The van der Waals surface area contributed by atoms with E-state index in [1.807, 2.05) is 13.8 Å². The Morgan fingerprint density at radius 2 is 2.17 bits per heavy atom. The first-order valence-corrected chi connectivity index (χ1v) is 7.26. The molecule has 0 aromatic heterocycles. The van der Waals surface area contributed by atoms with Crippen molar-refractivity contribution < 1.29 is 19.2 Å². The fraction of sp³-hybridized carbons (Fsp3) is 0.467. The van der Waals surface area contributed by atoms with Gasteiger partial charge < -0.3 is 15.0 Å². The third-order valence-corrected chi connectivity index (χ3v) is 3.81. The Kier molecular flexibility index (Phi) is 4.83. The molecule has 0 saturated carbocycles. The van der Waals surface area contributed by atoms with Crippen LogP contribution in [0.1, 0.15) is 20.3 Å². The quantitative estimate of drug-likeness (QED) is 0.658. The molecule has 0 bridgehead atoms. The number of carbonyl (C=O) groups excluding carboxylic acids is 2. The number of likely N-dealkylation sites (tertiary alicyclic amines) is 1. The molecule has 1 atom stereocenters. The fourth-order valence-electron chi connectivity index (χ4n) is 2.54. The summed E-state index contributed by atoms with van der Waals surface area (Å²) in [6.45, 7) is 4.09. The van der Waals surface area contributed by atoms with Gasteiger partial charge in [0.15, 0.2) is 0 Å². The number of amides is 2. The fourth-order valence-corrected chi connectivity index (χ4v) is 2.54. The SMILES string of the molecule is COc1ccc(NC(=O)[C@H]2CC(=O)N(C(C)C)C2)c([N+](=O)[O-])c1. The van der Waals surface area contributed by atoms with E-state index in [-0.39, 0.29) is 29.7 Å². The average Bonchev–Trinajstić information content (AvgIpc) is 2.89. The van der Waals surface area contributed by atoms with Crippen LogP contribution in [-0.4, -0.2) is 41.3 Å². The smallest absolute Gasteiger partial charge is 0.296 e. The summed E-state index contributed by atoms with van der Waals surface area (Å²) in [5.74, 6) is -0.650. The summed E-state index contributed by atoms with van der Waals surface area (Å²) in [6.07, 6.45) is 0.119. The van der Waals surface area contributed by atoms with Gasteiger partial charge in [-0.2, -0.15) is 0 Å². The van der Waals surface area contributed by atoms with E-state index in [0.717, 1.165) is 0 Å². The molecule has 124 valence electrons. The number of nitrogens with one attached hydrogen (secondary N) is 1. The van der Waals surface area contributed by atoms with Crippen molar-refractivity contribution in [3.63, 3.8) is 0 Å². The molecule has 1 saturated heterocycles. The maximum Gasteiger partial charge on any atom is 0.296 e. The number of hydrogen-bond acceptors (Lipinski definition) is 5. The molecule has 23 heavy (non-hydrogen) atoms. The van der Waals surface area contributed by atoms with Crippen molar-refractivity contribution in [3.05, 3.63) is 28.3 Å². The Balaban J connectivity index is 2.15. The maximum absolute atomic E-state index is 12.3. The molecule has 1 heterocycles. The number of rotatable bonds is 5. The van der Waals surface area contributed by atoms with E-state index in [4.69, 9.17) is 4.74 Å². The van der Waals surface area contributed by atoms with Gasteiger partial charge in [0, 0.05) is 19.0 Å². The molecular formula is C15H19N3O5. The highest BCUT2D eigenvalue weighted by atomic mass is 16.6. The highest BCUT2D eigenvalue weighted by Gasteiger charge is 2.36. The van der Waals surface area contributed by atoms with Crippen LogP contribution in [0.2, 0.25) is 0 Å². The number of nitrogens with zero attached hydrogens (tertiary/aromatic N) is 2. The van der Waals surface area contributed by atoms with E-state index in [0.29, 0.717) is 12.3 Å². The molecule has 1 aliphatic rings. The highest BCUT2D eigenvalue weighted by Crippen LogP contribution is 2.30. The summed E-state index contributed by atoms with van der Waals surface area (Å²) >= 11 is 0. The standard InChI is InChI=1S/C15H19N3O5/c1-9(2)17-8-10(6-14(17)19)15(20)16-12-5-4-11(23-3)7-13(12)18(21)22/h4-5,7,9-10H,6,8H2,1-3H3,(H,16,20)/t10-/m0/s1. The second kappa shape index (κ2) is 6.64. The van der Waals surface area contributed by atoms with Gasteiger partial charge in [0.2, 0.25) is 11.8 Å². The average molecular weight is 321 g/mol. The summed E-state index contributed by atoms with van der Waals surface area (Å²) in [5.41, 5.74) is -0.154. The second-order valence-corrected chi connectivity index (χ2v) is 5.67. The molecule has 2 amide bonds. The number of nitro benzene ring substituents is 1. The number of nitro groups is 1. The van der Waals surface area contributed by atoms with Crippen molar-refractivity contribution in [3.8, 4) is 5.75 Å². The zero-order chi connectivity index (χ0) is 17.1. The molecule has 1 aromatic rings. The van der Waals surface area contributed by atoms with E-state index in [9.17, 15) is 19.7 Å². The molecule has 8 nitrogen and oxygen atoms in total. The predicted molar refractivity (Wildman–Crippen MR) is 83.2 cm³/mol.